The van der Waals surface area contributed by atoms with Gasteiger partial charge in [0, 0.05) is 56.9 Å². The lowest BCUT2D eigenvalue weighted by Gasteiger charge is -2.36. The molecule has 2 aliphatic heterocycles. The number of hydrogen-bond acceptors (Lipinski definition) is 5. The van der Waals surface area contributed by atoms with Gasteiger partial charge >= 0.3 is 0 Å². The summed E-state index contributed by atoms with van der Waals surface area (Å²) in [6.45, 7) is 4.84. The second-order valence-corrected chi connectivity index (χ2v) is 9.79. The summed E-state index contributed by atoms with van der Waals surface area (Å²) in [6, 6.07) is 13.3. The van der Waals surface area contributed by atoms with Crippen molar-refractivity contribution in [2.45, 2.75) is 25.7 Å². The number of nitrogens with zero attached hydrogens (tertiary/aromatic N) is 4. The molecule has 3 heterocycles. The Hall–Kier alpha value is -2.84. The van der Waals surface area contributed by atoms with Gasteiger partial charge in [-0.25, -0.2) is 13.8 Å². The van der Waals surface area contributed by atoms with Gasteiger partial charge in [0.05, 0.1) is 5.69 Å². The van der Waals surface area contributed by atoms with E-state index in [1.54, 1.807) is 12.1 Å². The number of hydrogen-bond donors (Lipinski definition) is 0. The minimum atomic E-state index is -0.288. The van der Waals surface area contributed by atoms with E-state index in [0.29, 0.717) is 30.1 Å². The predicted molar refractivity (Wildman–Crippen MR) is 132 cm³/mol. The zero-order valence-electron chi connectivity index (χ0n) is 19.1. The summed E-state index contributed by atoms with van der Waals surface area (Å²) in [7, 11) is 0. The molecule has 5 nitrogen and oxygen atoms in total. The molecule has 0 aliphatic carbocycles. The normalized spacial score (nSPS) is 16.9. The third-order valence-electron chi connectivity index (χ3n) is 6.58. The fourth-order valence-corrected chi connectivity index (χ4v) is 5.82. The smallest absolute Gasteiger partial charge is 0.228 e. The SMILES string of the molecule is O=C(CCN1CCN(c2ccc(F)cc2)CC1)N1CCCCc2nc(-c3ccccc3F)sc21. The Labute approximate surface area is 202 Å². The summed E-state index contributed by atoms with van der Waals surface area (Å²) < 4.78 is 27.5. The first-order valence-corrected chi connectivity index (χ1v) is 12.7. The van der Waals surface area contributed by atoms with Crippen LogP contribution in [0, 0.1) is 11.6 Å². The first-order valence-electron chi connectivity index (χ1n) is 11.9. The molecule has 0 saturated carbocycles. The molecule has 1 aromatic heterocycles. The maximum atomic E-state index is 14.3. The average Bonchev–Trinajstić information content (AvgIpc) is 3.17. The third kappa shape index (κ3) is 4.98. The van der Waals surface area contributed by atoms with E-state index in [0.717, 1.165) is 61.8 Å². The molecule has 0 unspecified atom stereocenters. The van der Waals surface area contributed by atoms with Gasteiger partial charge < -0.3 is 9.80 Å². The second-order valence-electron chi connectivity index (χ2n) is 8.81. The van der Waals surface area contributed by atoms with E-state index < -0.39 is 0 Å². The molecule has 0 N–H and O–H groups in total. The molecule has 5 rings (SSSR count). The molecule has 178 valence electrons. The van der Waals surface area contributed by atoms with Crippen LogP contribution in [0.2, 0.25) is 0 Å². The molecule has 2 aliphatic rings. The number of anilines is 2. The van der Waals surface area contributed by atoms with Gasteiger partial charge in [0.25, 0.3) is 0 Å². The number of thiazole rings is 1. The minimum Gasteiger partial charge on any atom is -0.369 e. The van der Waals surface area contributed by atoms with E-state index in [-0.39, 0.29) is 17.5 Å². The van der Waals surface area contributed by atoms with Crippen LogP contribution in [0.3, 0.4) is 0 Å². The first kappa shape index (κ1) is 22.9. The summed E-state index contributed by atoms with van der Waals surface area (Å²) in [5, 5.41) is 1.52. The number of aryl methyl sites for hydroxylation is 1. The first-order chi connectivity index (χ1) is 16.6. The number of benzene rings is 2. The molecule has 0 bridgehead atoms. The fourth-order valence-electron chi connectivity index (χ4n) is 4.64. The highest BCUT2D eigenvalue weighted by atomic mass is 32.1. The molecule has 2 aromatic carbocycles. The third-order valence-corrected chi connectivity index (χ3v) is 7.73. The van der Waals surface area contributed by atoms with Crippen LogP contribution in [-0.2, 0) is 11.2 Å². The number of fused-ring (bicyclic) bond motifs is 1. The van der Waals surface area contributed by atoms with Crippen LogP contribution in [-0.4, -0.2) is 55.1 Å². The summed E-state index contributed by atoms with van der Waals surface area (Å²) in [6.07, 6.45) is 3.18. The molecular formula is C26H28F2N4OS. The second kappa shape index (κ2) is 10.2. The van der Waals surface area contributed by atoms with Crippen molar-refractivity contribution in [3.05, 3.63) is 65.9 Å². The number of amides is 1. The van der Waals surface area contributed by atoms with Crippen LogP contribution in [0.15, 0.2) is 48.5 Å². The number of aromatic nitrogens is 1. The highest BCUT2D eigenvalue weighted by molar-refractivity contribution is 7.19. The number of carbonyl (C=O) groups is 1. The Balaban J connectivity index is 1.21. The van der Waals surface area contributed by atoms with Gasteiger partial charge in [0.2, 0.25) is 5.91 Å². The van der Waals surface area contributed by atoms with Gasteiger partial charge in [0.1, 0.15) is 21.6 Å². The molecule has 1 amide bonds. The van der Waals surface area contributed by atoms with Crippen molar-refractivity contribution in [1.82, 2.24) is 9.88 Å². The van der Waals surface area contributed by atoms with Crippen molar-refractivity contribution in [2.24, 2.45) is 0 Å². The molecule has 3 aromatic rings. The van der Waals surface area contributed by atoms with Crippen molar-refractivity contribution >= 4 is 27.9 Å². The van der Waals surface area contributed by atoms with Crippen LogP contribution >= 0.6 is 11.3 Å². The Morgan fingerprint density at radius 2 is 1.71 bits per heavy atom. The van der Waals surface area contributed by atoms with Gasteiger partial charge in [-0.2, -0.15) is 0 Å². The van der Waals surface area contributed by atoms with Crippen LogP contribution in [0.5, 0.6) is 0 Å². The molecule has 8 heteroatoms. The molecular weight excluding hydrogens is 454 g/mol. The Kier molecular flexibility index (Phi) is 6.87. The fraction of sp³-hybridized carbons (Fsp3) is 0.385. The van der Waals surface area contributed by atoms with Crippen molar-refractivity contribution in [2.75, 3.05) is 49.1 Å². The standard InChI is InChI=1S/C26H28F2N4OS/c27-19-8-10-20(11-9-19)31-17-15-30(16-18-31)14-12-24(33)32-13-4-3-7-23-26(32)34-25(29-23)21-5-1-2-6-22(21)28/h1-2,5-6,8-11H,3-4,7,12-18H2. The Morgan fingerprint density at radius 3 is 2.47 bits per heavy atom. The van der Waals surface area contributed by atoms with Crippen molar-refractivity contribution in [3.63, 3.8) is 0 Å². The molecule has 1 saturated heterocycles. The van der Waals surface area contributed by atoms with Crippen LogP contribution in [0.4, 0.5) is 19.5 Å². The zero-order chi connectivity index (χ0) is 23.5. The van der Waals surface area contributed by atoms with Gasteiger partial charge in [-0.15, -0.1) is 0 Å². The van der Waals surface area contributed by atoms with Crippen molar-refractivity contribution in [1.29, 1.82) is 0 Å². The van der Waals surface area contributed by atoms with E-state index in [2.05, 4.69) is 9.80 Å². The number of rotatable bonds is 5. The molecule has 0 spiro atoms. The molecule has 1 fully saturated rings. The summed E-state index contributed by atoms with van der Waals surface area (Å²) in [5.74, 6) is -0.406. The van der Waals surface area contributed by atoms with Gasteiger partial charge in [-0.05, 0) is 55.7 Å². The Bertz CT molecular complexity index is 1140. The van der Waals surface area contributed by atoms with Gasteiger partial charge in [0.15, 0.2) is 0 Å². The molecule has 0 atom stereocenters. The van der Waals surface area contributed by atoms with Crippen LogP contribution in [0.25, 0.3) is 10.6 Å². The molecule has 0 radical (unpaired) electrons. The van der Waals surface area contributed by atoms with Crippen molar-refractivity contribution in [3.8, 4) is 10.6 Å². The van der Waals surface area contributed by atoms with E-state index in [4.69, 9.17) is 4.98 Å². The van der Waals surface area contributed by atoms with Gasteiger partial charge in [-0.1, -0.05) is 23.5 Å². The number of halogens is 2. The number of piperazine rings is 1. The van der Waals surface area contributed by atoms with E-state index in [1.807, 2.05) is 23.1 Å². The number of carbonyl (C=O) groups excluding carboxylic acids is 1. The maximum Gasteiger partial charge on any atom is 0.228 e. The largest absolute Gasteiger partial charge is 0.369 e. The summed E-state index contributed by atoms with van der Waals surface area (Å²) in [4.78, 5) is 24.4. The predicted octanol–water partition coefficient (Wildman–Crippen LogP) is 4.97. The summed E-state index contributed by atoms with van der Waals surface area (Å²) >= 11 is 1.42. The van der Waals surface area contributed by atoms with Crippen LogP contribution < -0.4 is 9.80 Å². The quantitative estimate of drug-likeness (QED) is 0.515. The average molecular weight is 483 g/mol. The zero-order valence-corrected chi connectivity index (χ0v) is 19.9. The van der Waals surface area contributed by atoms with Crippen LogP contribution in [0.1, 0.15) is 25.0 Å². The Morgan fingerprint density at radius 1 is 0.941 bits per heavy atom. The monoisotopic (exact) mass is 482 g/mol. The van der Waals surface area contributed by atoms with E-state index >= 15 is 0 Å². The highest BCUT2D eigenvalue weighted by Crippen LogP contribution is 2.38. The lowest BCUT2D eigenvalue weighted by Crippen LogP contribution is -2.47. The minimum absolute atomic E-state index is 0.104. The van der Waals surface area contributed by atoms with Crippen molar-refractivity contribution < 1.29 is 13.6 Å². The highest BCUT2D eigenvalue weighted by Gasteiger charge is 2.27. The van der Waals surface area contributed by atoms with E-state index in [9.17, 15) is 13.6 Å². The maximum absolute atomic E-state index is 14.3. The van der Waals surface area contributed by atoms with E-state index in [1.165, 1.54) is 29.5 Å². The van der Waals surface area contributed by atoms with Gasteiger partial charge in [-0.3, -0.25) is 9.69 Å². The lowest BCUT2D eigenvalue weighted by molar-refractivity contribution is -0.118. The topological polar surface area (TPSA) is 39.7 Å². The summed E-state index contributed by atoms with van der Waals surface area (Å²) in [5.41, 5.74) is 2.43. The lowest BCUT2D eigenvalue weighted by atomic mass is 10.2. The molecule has 34 heavy (non-hydrogen) atoms.